The Morgan fingerprint density at radius 3 is 3.11 bits per heavy atom. The van der Waals surface area contributed by atoms with E-state index in [1.54, 1.807) is 23.7 Å². The Bertz CT molecular complexity index is 1050. The molecule has 1 aliphatic heterocycles. The highest BCUT2D eigenvalue weighted by Gasteiger charge is 2.29. The van der Waals surface area contributed by atoms with Gasteiger partial charge in [0.15, 0.2) is 5.82 Å². The van der Waals surface area contributed by atoms with Crippen molar-refractivity contribution < 1.29 is 9.59 Å². The highest BCUT2D eigenvalue weighted by atomic mass is 35.5. The molecule has 0 bridgehead atoms. The van der Waals surface area contributed by atoms with Gasteiger partial charge < -0.3 is 10.6 Å². The number of aromatic amines is 1. The molecule has 144 valence electrons. The van der Waals surface area contributed by atoms with Crippen LogP contribution >= 0.6 is 22.9 Å². The van der Waals surface area contributed by atoms with E-state index in [4.69, 9.17) is 11.6 Å². The summed E-state index contributed by atoms with van der Waals surface area (Å²) in [6.07, 6.45) is 2.86. The Balaban J connectivity index is 1.48. The summed E-state index contributed by atoms with van der Waals surface area (Å²) in [5.41, 5.74) is 2.07. The number of nitrogens with one attached hydrogen (secondary N) is 3. The van der Waals surface area contributed by atoms with Crippen LogP contribution in [0.1, 0.15) is 24.9 Å². The van der Waals surface area contributed by atoms with Crippen molar-refractivity contribution >= 4 is 45.4 Å². The Hall–Kier alpha value is -2.78. The zero-order chi connectivity index (χ0) is 19.7. The van der Waals surface area contributed by atoms with E-state index in [1.807, 2.05) is 6.92 Å². The van der Waals surface area contributed by atoms with E-state index in [0.29, 0.717) is 39.9 Å². The zero-order valence-corrected chi connectivity index (χ0v) is 16.5. The number of nitrogens with zero attached hydrogens (tertiary/aromatic N) is 3. The van der Waals surface area contributed by atoms with Crippen molar-refractivity contribution in [2.45, 2.75) is 26.2 Å². The predicted octanol–water partition coefficient (Wildman–Crippen LogP) is 3.28. The normalized spacial score (nSPS) is 15.8. The van der Waals surface area contributed by atoms with Crippen molar-refractivity contribution in [3.05, 3.63) is 40.3 Å². The van der Waals surface area contributed by atoms with E-state index in [2.05, 4.69) is 30.8 Å². The van der Waals surface area contributed by atoms with Gasteiger partial charge in [-0.25, -0.2) is 4.98 Å². The number of hydrogen-bond donors (Lipinski definition) is 3. The summed E-state index contributed by atoms with van der Waals surface area (Å²) in [5.74, 6) is 0.246. The predicted molar refractivity (Wildman–Crippen MR) is 107 cm³/mol. The topological polar surface area (TPSA) is 113 Å². The molecule has 4 rings (SSSR count). The quantitative estimate of drug-likeness (QED) is 0.590. The number of aromatic nitrogens is 4. The second-order valence-corrected chi connectivity index (χ2v) is 7.67. The summed E-state index contributed by atoms with van der Waals surface area (Å²) >= 11 is 7.58. The number of rotatable bonds is 5. The first-order valence-corrected chi connectivity index (χ1v) is 10.0. The molecule has 3 N–H and O–H groups in total. The number of carbonyl (C=O) groups is 2. The molecule has 0 spiro atoms. The van der Waals surface area contributed by atoms with Crippen LogP contribution in [0.2, 0.25) is 5.02 Å². The third kappa shape index (κ3) is 3.63. The molecule has 0 saturated carbocycles. The fourth-order valence-electron chi connectivity index (χ4n) is 3.04. The second-order valence-electron chi connectivity index (χ2n) is 6.39. The summed E-state index contributed by atoms with van der Waals surface area (Å²) in [6.45, 7) is 1.96. The molecule has 1 atom stereocenters. The maximum absolute atomic E-state index is 12.6. The molecule has 0 aliphatic carbocycles. The molecule has 3 aromatic rings. The van der Waals surface area contributed by atoms with Gasteiger partial charge in [0.05, 0.1) is 27.9 Å². The fraction of sp³-hybridized carbons (Fsp3) is 0.278. The summed E-state index contributed by atoms with van der Waals surface area (Å²) < 4.78 is 0. The van der Waals surface area contributed by atoms with Crippen molar-refractivity contribution in [1.29, 1.82) is 0 Å². The van der Waals surface area contributed by atoms with Gasteiger partial charge in [0, 0.05) is 30.8 Å². The van der Waals surface area contributed by atoms with Gasteiger partial charge >= 0.3 is 0 Å². The van der Waals surface area contributed by atoms with Gasteiger partial charge in [0.1, 0.15) is 10.8 Å². The number of hydrogen-bond acceptors (Lipinski definition) is 6. The number of thiophene rings is 1. The Morgan fingerprint density at radius 2 is 2.32 bits per heavy atom. The summed E-state index contributed by atoms with van der Waals surface area (Å²) in [5, 5.41) is 15.4. The van der Waals surface area contributed by atoms with Crippen molar-refractivity contribution in [3.63, 3.8) is 0 Å². The van der Waals surface area contributed by atoms with Crippen molar-refractivity contribution in [3.8, 4) is 11.4 Å². The standard InChI is InChI=1S/C18H17ClN6O2S/c1-2-13-22-16(25-24-13)15-10(19)8-28-18(15)23-14(26)7-9-6-12-11(21-17(9)27)4-3-5-20-12/h3-5,8-9H,2,6-7H2,1H3,(H,21,27)(H,23,26)(H,22,24,25). The van der Waals surface area contributed by atoms with E-state index in [9.17, 15) is 9.59 Å². The second kappa shape index (κ2) is 7.69. The number of pyridine rings is 1. The number of carbonyl (C=O) groups excluding carboxylic acids is 2. The van der Waals surface area contributed by atoms with Gasteiger partial charge in [0.25, 0.3) is 0 Å². The van der Waals surface area contributed by atoms with Crippen LogP contribution < -0.4 is 10.6 Å². The number of halogens is 1. The summed E-state index contributed by atoms with van der Waals surface area (Å²) in [7, 11) is 0. The molecule has 1 unspecified atom stereocenters. The molecule has 0 aromatic carbocycles. The lowest BCUT2D eigenvalue weighted by Crippen LogP contribution is -2.33. The zero-order valence-electron chi connectivity index (χ0n) is 15.0. The molecule has 3 aromatic heterocycles. The lowest BCUT2D eigenvalue weighted by Gasteiger charge is -2.23. The van der Waals surface area contributed by atoms with Crippen LogP contribution in [-0.2, 0) is 22.4 Å². The van der Waals surface area contributed by atoms with Crippen LogP contribution in [0.4, 0.5) is 10.7 Å². The third-order valence-corrected chi connectivity index (χ3v) is 5.80. The van der Waals surface area contributed by atoms with Crippen LogP contribution in [0.15, 0.2) is 23.7 Å². The first kappa shape index (κ1) is 18.6. The maximum Gasteiger partial charge on any atom is 0.228 e. The fourth-order valence-corrected chi connectivity index (χ4v) is 4.24. The van der Waals surface area contributed by atoms with Gasteiger partial charge in [-0.15, -0.1) is 11.3 Å². The number of anilines is 2. The van der Waals surface area contributed by atoms with Crippen LogP contribution in [-0.4, -0.2) is 32.0 Å². The van der Waals surface area contributed by atoms with Crippen LogP contribution in [0.25, 0.3) is 11.4 Å². The van der Waals surface area contributed by atoms with Crippen LogP contribution in [0, 0.1) is 5.92 Å². The lowest BCUT2D eigenvalue weighted by molar-refractivity contribution is -0.125. The van der Waals surface area contributed by atoms with Crippen molar-refractivity contribution in [2.75, 3.05) is 10.6 Å². The number of fused-ring (bicyclic) bond motifs is 1. The lowest BCUT2D eigenvalue weighted by atomic mass is 9.93. The molecular weight excluding hydrogens is 400 g/mol. The number of H-pyrrole nitrogens is 1. The molecular formula is C18H17ClN6O2S. The minimum absolute atomic E-state index is 0.0466. The first-order valence-electron chi connectivity index (χ1n) is 8.78. The molecule has 0 fully saturated rings. The minimum atomic E-state index is -0.475. The third-order valence-electron chi connectivity index (χ3n) is 4.48. The number of amides is 2. The van der Waals surface area contributed by atoms with Gasteiger partial charge in [-0.1, -0.05) is 18.5 Å². The number of aryl methyl sites for hydroxylation is 1. The Morgan fingerprint density at radius 1 is 1.46 bits per heavy atom. The molecule has 0 saturated heterocycles. The van der Waals surface area contributed by atoms with Crippen LogP contribution in [0.5, 0.6) is 0 Å². The van der Waals surface area contributed by atoms with E-state index >= 15 is 0 Å². The summed E-state index contributed by atoms with van der Waals surface area (Å²) in [4.78, 5) is 33.6. The highest BCUT2D eigenvalue weighted by Crippen LogP contribution is 2.39. The van der Waals surface area contributed by atoms with E-state index in [1.165, 1.54) is 11.3 Å². The first-order chi connectivity index (χ1) is 13.5. The van der Waals surface area contributed by atoms with Crippen LogP contribution in [0.3, 0.4) is 0 Å². The SMILES string of the molecule is CCc1nc(-c2c(Cl)csc2NC(=O)CC2Cc3ncccc3NC2=O)n[nH]1. The summed E-state index contributed by atoms with van der Waals surface area (Å²) in [6, 6.07) is 3.57. The largest absolute Gasteiger partial charge is 0.324 e. The van der Waals surface area contributed by atoms with E-state index < -0.39 is 5.92 Å². The van der Waals surface area contributed by atoms with E-state index in [0.717, 1.165) is 11.5 Å². The molecule has 28 heavy (non-hydrogen) atoms. The Kier molecular flexibility index (Phi) is 5.10. The molecule has 2 amide bonds. The van der Waals surface area contributed by atoms with Crippen molar-refractivity contribution in [2.24, 2.45) is 5.92 Å². The molecule has 10 heteroatoms. The van der Waals surface area contributed by atoms with Gasteiger partial charge in [-0.05, 0) is 12.1 Å². The molecule has 8 nitrogen and oxygen atoms in total. The minimum Gasteiger partial charge on any atom is -0.324 e. The Labute approximate surface area is 169 Å². The van der Waals surface area contributed by atoms with Crippen molar-refractivity contribution in [1.82, 2.24) is 20.2 Å². The van der Waals surface area contributed by atoms with Gasteiger partial charge in [0.2, 0.25) is 11.8 Å². The average Bonchev–Trinajstić information content (AvgIpc) is 3.28. The van der Waals surface area contributed by atoms with Gasteiger partial charge in [-0.3, -0.25) is 19.7 Å². The molecule has 4 heterocycles. The smallest absolute Gasteiger partial charge is 0.228 e. The average molecular weight is 417 g/mol. The monoisotopic (exact) mass is 416 g/mol. The van der Waals surface area contributed by atoms with E-state index in [-0.39, 0.29) is 18.2 Å². The maximum atomic E-state index is 12.6. The highest BCUT2D eigenvalue weighted by molar-refractivity contribution is 7.15. The van der Waals surface area contributed by atoms with Gasteiger partial charge in [-0.2, -0.15) is 5.10 Å². The molecule has 0 radical (unpaired) electrons. The molecule has 1 aliphatic rings.